The lowest BCUT2D eigenvalue weighted by atomic mass is 10.2. The molecule has 0 fully saturated rings. The van der Waals surface area contributed by atoms with Crippen molar-refractivity contribution < 1.29 is 14.3 Å². The molecule has 0 saturated heterocycles. The van der Waals surface area contributed by atoms with Crippen LogP contribution in [0.1, 0.15) is 15.9 Å². The zero-order valence-electron chi connectivity index (χ0n) is 9.34. The van der Waals surface area contributed by atoms with Gasteiger partial charge in [-0.1, -0.05) is 18.2 Å². The van der Waals surface area contributed by atoms with E-state index in [2.05, 4.69) is 0 Å². The highest BCUT2D eigenvalue weighted by Gasteiger charge is 2.07. The molecular formula is C13H10FNO3. The van der Waals surface area contributed by atoms with Crippen molar-refractivity contribution in [3.63, 3.8) is 0 Å². The first-order valence-corrected chi connectivity index (χ1v) is 5.25. The fraction of sp³-hybridized carbons (Fsp3) is 0.0769. The average molecular weight is 247 g/mol. The second kappa shape index (κ2) is 4.83. The Balaban J connectivity index is 2.34. The number of aromatic carboxylic acids is 1. The van der Waals surface area contributed by atoms with E-state index in [4.69, 9.17) is 5.11 Å². The molecule has 0 bridgehead atoms. The minimum atomic E-state index is -1.16. The molecule has 0 saturated carbocycles. The SMILES string of the molecule is O=C(O)c1ccn(Cc2ccccc2F)c(=O)c1. The fourth-order valence-electron chi connectivity index (χ4n) is 1.58. The van der Waals surface area contributed by atoms with E-state index in [0.29, 0.717) is 5.56 Å². The fourth-order valence-corrected chi connectivity index (χ4v) is 1.58. The summed E-state index contributed by atoms with van der Waals surface area (Å²) < 4.78 is 14.7. The summed E-state index contributed by atoms with van der Waals surface area (Å²) in [6, 6.07) is 8.46. The van der Waals surface area contributed by atoms with E-state index in [1.165, 1.54) is 22.9 Å². The van der Waals surface area contributed by atoms with Gasteiger partial charge in [-0.25, -0.2) is 9.18 Å². The number of carboxylic acids is 1. The average Bonchev–Trinajstić information content (AvgIpc) is 2.34. The first-order chi connectivity index (χ1) is 8.58. The molecule has 18 heavy (non-hydrogen) atoms. The summed E-state index contributed by atoms with van der Waals surface area (Å²) in [5, 5.41) is 8.73. The van der Waals surface area contributed by atoms with Crippen LogP contribution in [0.25, 0.3) is 0 Å². The Morgan fingerprint density at radius 1 is 1.28 bits per heavy atom. The van der Waals surface area contributed by atoms with Crippen LogP contribution in [0.3, 0.4) is 0 Å². The largest absolute Gasteiger partial charge is 0.478 e. The van der Waals surface area contributed by atoms with Crippen LogP contribution in [0.4, 0.5) is 4.39 Å². The van der Waals surface area contributed by atoms with Crippen LogP contribution in [0.5, 0.6) is 0 Å². The zero-order chi connectivity index (χ0) is 13.1. The Bertz CT molecular complexity index is 649. The molecule has 2 aromatic rings. The summed E-state index contributed by atoms with van der Waals surface area (Å²) >= 11 is 0. The first-order valence-electron chi connectivity index (χ1n) is 5.25. The molecule has 5 heteroatoms. The molecule has 1 aromatic heterocycles. The first kappa shape index (κ1) is 12.0. The van der Waals surface area contributed by atoms with Gasteiger partial charge >= 0.3 is 5.97 Å². The molecule has 0 atom stereocenters. The monoisotopic (exact) mass is 247 g/mol. The van der Waals surface area contributed by atoms with Gasteiger partial charge in [0.1, 0.15) is 5.82 Å². The van der Waals surface area contributed by atoms with Crippen molar-refractivity contribution in [2.45, 2.75) is 6.54 Å². The third-order valence-corrected chi connectivity index (χ3v) is 2.54. The van der Waals surface area contributed by atoms with E-state index in [1.54, 1.807) is 18.2 Å². The van der Waals surface area contributed by atoms with E-state index in [0.717, 1.165) is 6.07 Å². The normalized spacial score (nSPS) is 10.3. The maximum atomic E-state index is 13.4. The number of hydrogen-bond acceptors (Lipinski definition) is 2. The Labute approximate surface area is 102 Å². The van der Waals surface area contributed by atoms with Crippen molar-refractivity contribution in [1.29, 1.82) is 0 Å². The minimum absolute atomic E-state index is 0.0748. The zero-order valence-corrected chi connectivity index (χ0v) is 9.34. The van der Waals surface area contributed by atoms with E-state index >= 15 is 0 Å². The van der Waals surface area contributed by atoms with Crippen LogP contribution in [-0.2, 0) is 6.54 Å². The smallest absolute Gasteiger partial charge is 0.335 e. The number of aromatic nitrogens is 1. The predicted octanol–water partition coefficient (Wildman–Crippen LogP) is 1.73. The van der Waals surface area contributed by atoms with Gasteiger partial charge < -0.3 is 9.67 Å². The number of hydrogen-bond donors (Lipinski definition) is 1. The molecule has 0 spiro atoms. The van der Waals surface area contributed by atoms with Crippen molar-refractivity contribution in [1.82, 2.24) is 4.57 Å². The topological polar surface area (TPSA) is 59.3 Å². The molecule has 1 aromatic carbocycles. The molecule has 0 aliphatic heterocycles. The van der Waals surface area contributed by atoms with E-state index < -0.39 is 17.3 Å². The number of rotatable bonds is 3. The maximum absolute atomic E-state index is 13.4. The number of carbonyl (C=O) groups is 1. The van der Waals surface area contributed by atoms with Crippen LogP contribution in [0.15, 0.2) is 47.4 Å². The molecule has 2 rings (SSSR count). The molecule has 4 nitrogen and oxygen atoms in total. The van der Waals surface area contributed by atoms with E-state index in [1.807, 2.05) is 0 Å². The van der Waals surface area contributed by atoms with Crippen molar-refractivity contribution in [3.8, 4) is 0 Å². The highest BCUT2D eigenvalue weighted by Crippen LogP contribution is 2.07. The minimum Gasteiger partial charge on any atom is -0.478 e. The van der Waals surface area contributed by atoms with Crippen molar-refractivity contribution in [2.24, 2.45) is 0 Å². The molecule has 0 radical (unpaired) electrons. The highest BCUT2D eigenvalue weighted by atomic mass is 19.1. The number of carboxylic acid groups (broad SMARTS) is 1. The summed E-state index contributed by atoms with van der Waals surface area (Å²) in [5.74, 6) is -1.56. The quantitative estimate of drug-likeness (QED) is 0.898. The molecule has 0 aliphatic carbocycles. The van der Waals surface area contributed by atoms with Gasteiger partial charge in [0, 0.05) is 17.8 Å². The number of halogens is 1. The third kappa shape index (κ3) is 2.45. The number of nitrogens with zero attached hydrogens (tertiary/aromatic N) is 1. The molecule has 0 amide bonds. The molecule has 92 valence electrons. The van der Waals surface area contributed by atoms with Crippen molar-refractivity contribution in [2.75, 3.05) is 0 Å². The third-order valence-electron chi connectivity index (χ3n) is 2.54. The Morgan fingerprint density at radius 2 is 2.00 bits per heavy atom. The standard InChI is InChI=1S/C13H10FNO3/c14-11-4-2-1-3-10(11)8-15-6-5-9(13(17)18)7-12(15)16/h1-7H,8H2,(H,17,18). The summed E-state index contributed by atoms with van der Waals surface area (Å²) in [6.45, 7) is 0.0748. The molecule has 0 aliphatic rings. The highest BCUT2D eigenvalue weighted by molar-refractivity contribution is 5.87. The predicted molar refractivity (Wildman–Crippen MR) is 63.2 cm³/mol. The van der Waals surface area contributed by atoms with Crippen molar-refractivity contribution >= 4 is 5.97 Å². The Kier molecular flexibility index (Phi) is 3.23. The summed E-state index contributed by atoms with van der Waals surface area (Å²) in [5.41, 5.74) is -0.175. The number of pyridine rings is 1. The lowest BCUT2D eigenvalue weighted by Crippen LogP contribution is -2.21. The van der Waals surface area contributed by atoms with E-state index in [-0.39, 0.29) is 12.1 Å². The second-order valence-corrected chi connectivity index (χ2v) is 3.78. The lowest BCUT2D eigenvalue weighted by molar-refractivity contribution is 0.0696. The molecule has 1 heterocycles. The van der Waals surface area contributed by atoms with Crippen LogP contribution in [0, 0.1) is 5.82 Å². The van der Waals surface area contributed by atoms with Crippen molar-refractivity contribution in [3.05, 3.63) is 69.9 Å². The number of benzene rings is 1. The van der Waals surface area contributed by atoms with Crippen LogP contribution in [0.2, 0.25) is 0 Å². The van der Waals surface area contributed by atoms with E-state index in [9.17, 15) is 14.0 Å². The van der Waals surface area contributed by atoms with Gasteiger partial charge in [-0.2, -0.15) is 0 Å². The Morgan fingerprint density at radius 3 is 2.61 bits per heavy atom. The van der Waals surface area contributed by atoms with Gasteiger partial charge in [0.25, 0.3) is 5.56 Å². The van der Waals surface area contributed by atoms with Gasteiger partial charge in [0.05, 0.1) is 12.1 Å². The van der Waals surface area contributed by atoms with Crippen LogP contribution in [-0.4, -0.2) is 15.6 Å². The van der Waals surface area contributed by atoms with Gasteiger partial charge in [-0.05, 0) is 12.1 Å². The summed E-state index contributed by atoms with van der Waals surface area (Å²) in [7, 11) is 0. The second-order valence-electron chi connectivity index (χ2n) is 3.78. The Hall–Kier alpha value is -2.43. The lowest BCUT2D eigenvalue weighted by Gasteiger charge is -2.06. The van der Waals surface area contributed by atoms with Gasteiger partial charge in [-0.3, -0.25) is 4.79 Å². The summed E-state index contributed by atoms with van der Waals surface area (Å²) in [6.07, 6.45) is 1.35. The maximum Gasteiger partial charge on any atom is 0.335 e. The van der Waals surface area contributed by atoms with Gasteiger partial charge in [0.15, 0.2) is 0 Å². The van der Waals surface area contributed by atoms with Gasteiger partial charge in [0.2, 0.25) is 0 Å². The van der Waals surface area contributed by atoms with Crippen LogP contribution < -0.4 is 5.56 Å². The summed E-state index contributed by atoms with van der Waals surface area (Å²) in [4.78, 5) is 22.3. The molecular weight excluding hydrogens is 237 g/mol. The molecule has 1 N–H and O–H groups in total. The van der Waals surface area contributed by atoms with Gasteiger partial charge in [-0.15, -0.1) is 0 Å². The molecule has 0 unspecified atom stereocenters. The van der Waals surface area contributed by atoms with Crippen LogP contribution >= 0.6 is 0 Å².